The van der Waals surface area contributed by atoms with Gasteiger partial charge in [-0.1, -0.05) is 50.6 Å². The van der Waals surface area contributed by atoms with Crippen molar-refractivity contribution in [3.8, 4) is 0 Å². The van der Waals surface area contributed by atoms with E-state index >= 15 is 0 Å². The first kappa shape index (κ1) is 21.9. The van der Waals surface area contributed by atoms with Gasteiger partial charge in [-0.3, -0.25) is 4.79 Å². The molecule has 0 saturated carbocycles. The number of rotatable bonds is 13. The van der Waals surface area contributed by atoms with Gasteiger partial charge in [0.2, 0.25) is 0 Å². The highest BCUT2D eigenvalue weighted by Crippen LogP contribution is 2.20. The summed E-state index contributed by atoms with van der Waals surface area (Å²) in [5.74, 6) is -2.35. The number of Topliss-reactive ketones (excluding diaryl/α,β-unsaturated/α-hetero) is 1. The highest BCUT2D eigenvalue weighted by molar-refractivity contribution is 6.10. The summed E-state index contributed by atoms with van der Waals surface area (Å²) in [6, 6.07) is 0. The van der Waals surface area contributed by atoms with E-state index in [1.165, 1.54) is 19.3 Å². The first-order valence-corrected chi connectivity index (χ1v) is 9.43. The first-order chi connectivity index (χ1) is 12.6. The third-order valence-electron chi connectivity index (χ3n) is 3.90. The molecule has 146 valence electrons. The van der Waals surface area contributed by atoms with Gasteiger partial charge in [0.05, 0.1) is 13.2 Å². The quantitative estimate of drug-likeness (QED) is 0.290. The van der Waals surface area contributed by atoms with E-state index < -0.39 is 11.9 Å². The number of ether oxygens (including phenoxy) is 2. The minimum absolute atomic E-state index is 0.109. The molecular weight excluding hydrogens is 338 g/mol. The van der Waals surface area contributed by atoms with E-state index in [1.54, 1.807) is 13.8 Å². The van der Waals surface area contributed by atoms with Gasteiger partial charge in [0.15, 0.2) is 11.5 Å². The Labute approximate surface area is 154 Å². The van der Waals surface area contributed by atoms with E-state index in [4.69, 9.17) is 14.0 Å². The molecule has 0 amide bonds. The normalized spacial score (nSPS) is 10.6. The Morgan fingerprint density at radius 3 is 2.04 bits per heavy atom. The number of carbonyl (C=O) groups is 3. The van der Waals surface area contributed by atoms with Crippen molar-refractivity contribution < 1.29 is 28.4 Å². The fourth-order valence-corrected chi connectivity index (χ4v) is 2.57. The zero-order chi connectivity index (χ0) is 19.4. The van der Waals surface area contributed by atoms with Crippen molar-refractivity contribution in [2.75, 3.05) is 13.2 Å². The molecule has 1 heterocycles. The average Bonchev–Trinajstić information content (AvgIpc) is 3.06. The zero-order valence-electron chi connectivity index (χ0n) is 16.0. The van der Waals surface area contributed by atoms with E-state index in [-0.39, 0.29) is 42.4 Å². The van der Waals surface area contributed by atoms with E-state index in [1.807, 2.05) is 0 Å². The van der Waals surface area contributed by atoms with Crippen LogP contribution in [0.25, 0.3) is 0 Å². The molecule has 7 nitrogen and oxygen atoms in total. The van der Waals surface area contributed by atoms with Crippen molar-refractivity contribution >= 4 is 17.7 Å². The number of hydrogen-bond donors (Lipinski definition) is 0. The van der Waals surface area contributed by atoms with E-state index in [0.717, 1.165) is 19.3 Å². The molecule has 0 aliphatic rings. The maximum atomic E-state index is 12.4. The predicted molar refractivity (Wildman–Crippen MR) is 95.4 cm³/mol. The maximum absolute atomic E-state index is 12.4. The summed E-state index contributed by atoms with van der Waals surface area (Å²) in [7, 11) is 0. The molecule has 7 heteroatoms. The Morgan fingerprint density at radius 2 is 1.42 bits per heavy atom. The summed E-state index contributed by atoms with van der Waals surface area (Å²) in [5.41, 5.74) is -0.393. The van der Waals surface area contributed by atoms with Gasteiger partial charge in [0, 0.05) is 6.42 Å². The fraction of sp³-hybridized carbons (Fsp3) is 0.684. The monoisotopic (exact) mass is 367 g/mol. The van der Waals surface area contributed by atoms with Crippen LogP contribution in [0.15, 0.2) is 4.52 Å². The summed E-state index contributed by atoms with van der Waals surface area (Å²) in [4.78, 5) is 36.5. The number of ketones is 1. The minimum Gasteiger partial charge on any atom is -0.462 e. The third kappa shape index (κ3) is 6.61. The van der Waals surface area contributed by atoms with Gasteiger partial charge >= 0.3 is 11.9 Å². The number of aromatic nitrogens is 1. The Balaban J connectivity index is 2.73. The minimum atomic E-state index is -0.835. The van der Waals surface area contributed by atoms with Crippen LogP contribution in [-0.2, 0) is 9.47 Å². The molecule has 0 saturated heterocycles. The Bertz CT molecular complexity index is 593. The van der Waals surface area contributed by atoms with E-state index in [9.17, 15) is 14.4 Å². The molecular formula is C19H29NO6. The van der Waals surface area contributed by atoms with Gasteiger partial charge < -0.3 is 14.0 Å². The van der Waals surface area contributed by atoms with Crippen LogP contribution in [0.3, 0.4) is 0 Å². The number of hydrogen-bond acceptors (Lipinski definition) is 7. The van der Waals surface area contributed by atoms with Crippen molar-refractivity contribution in [1.29, 1.82) is 0 Å². The molecule has 0 aliphatic heterocycles. The number of esters is 2. The lowest BCUT2D eigenvalue weighted by Gasteiger charge is -2.04. The molecule has 0 aromatic carbocycles. The van der Waals surface area contributed by atoms with Gasteiger partial charge in [-0.05, 0) is 20.3 Å². The SMILES string of the molecule is CCCCCCCCCC(=O)c1noc(C(=O)OCC)c1C(=O)OCC. The lowest BCUT2D eigenvalue weighted by atomic mass is 10.0. The first-order valence-electron chi connectivity index (χ1n) is 9.43. The van der Waals surface area contributed by atoms with Gasteiger partial charge in [-0.2, -0.15) is 0 Å². The van der Waals surface area contributed by atoms with Crippen LogP contribution in [0.2, 0.25) is 0 Å². The lowest BCUT2D eigenvalue weighted by molar-refractivity contribution is 0.0445. The van der Waals surface area contributed by atoms with Crippen molar-refractivity contribution in [2.45, 2.75) is 72.1 Å². The molecule has 0 atom stereocenters. The lowest BCUT2D eigenvalue weighted by Crippen LogP contribution is -2.15. The summed E-state index contributed by atoms with van der Waals surface area (Å²) >= 11 is 0. The Morgan fingerprint density at radius 1 is 0.846 bits per heavy atom. The second kappa shape index (κ2) is 12.2. The van der Waals surface area contributed by atoms with E-state index in [0.29, 0.717) is 6.42 Å². The van der Waals surface area contributed by atoms with E-state index in [2.05, 4.69) is 12.1 Å². The largest absolute Gasteiger partial charge is 0.462 e. The molecule has 0 fully saturated rings. The highest BCUT2D eigenvalue weighted by atomic mass is 16.6. The van der Waals surface area contributed by atoms with Crippen LogP contribution >= 0.6 is 0 Å². The van der Waals surface area contributed by atoms with Crippen LogP contribution in [0.4, 0.5) is 0 Å². The summed E-state index contributed by atoms with van der Waals surface area (Å²) in [6.45, 7) is 5.66. The molecule has 0 aliphatic carbocycles. The van der Waals surface area contributed by atoms with Crippen molar-refractivity contribution in [1.82, 2.24) is 5.16 Å². The molecule has 0 N–H and O–H groups in total. The van der Waals surface area contributed by atoms with Crippen LogP contribution < -0.4 is 0 Å². The van der Waals surface area contributed by atoms with Crippen molar-refractivity contribution in [2.24, 2.45) is 0 Å². The van der Waals surface area contributed by atoms with Gasteiger partial charge in [-0.15, -0.1) is 0 Å². The number of carbonyl (C=O) groups excluding carboxylic acids is 3. The average molecular weight is 367 g/mol. The predicted octanol–water partition coefficient (Wildman–Crippen LogP) is 4.35. The number of unbranched alkanes of at least 4 members (excludes halogenated alkanes) is 6. The van der Waals surface area contributed by atoms with Gasteiger partial charge in [0.25, 0.3) is 5.76 Å². The Hall–Kier alpha value is -2.18. The smallest absolute Gasteiger partial charge is 0.378 e. The second-order valence-electron chi connectivity index (χ2n) is 5.97. The van der Waals surface area contributed by atoms with Crippen LogP contribution in [0.5, 0.6) is 0 Å². The van der Waals surface area contributed by atoms with Crippen LogP contribution in [0.1, 0.15) is 104 Å². The molecule has 1 rings (SSSR count). The molecule has 0 radical (unpaired) electrons. The second-order valence-corrected chi connectivity index (χ2v) is 5.97. The highest BCUT2D eigenvalue weighted by Gasteiger charge is 2.32. The summed E-state index contributed by atoms with van der Waals surface area (Å²) in [5, 5.41) is 3.64. The van der Waals surface area contributed by atoms with Crippen molar-refractivity contribution in [3.63, 3.8) is 0 Å². The molecule has 0 bridgehead atoms. The summed E-state index contributed by atoms with van der Waals surface area (Å²) in [6.07, 6.45) is 7.76. The zero-order valence-corrected chi connectivity index (χ0v) is 16.0. The molecule has 0 unspecified atom stereocenters. The summed E-state index contributed by atoms with van der Waals surface area (Å²) < 4.78 is 14.7. The van der Waals surface area contributed by atoms with Crippen LogP contribution in [-0.4, -0.2) is 36.1 Å². The van der Waals surface area contributed by atoms with Crippen molar-refractivity contribution in [3.05, 3.63) is 17.0 Å². The Kier molecular flexibility index (Phi) is 10.3. The van der Waals surface area contributed by atoms with Gasteiger partial charge in [0.1, 0.15) is 5.56 Å². The van der Waals surface area contributed by atoms with Gasteiger partial charge in [-0.25, -0.2) is 9.59 Å². The molecule has 26 heavy (non-hydrogen) atoms. The standard InChI is InChI=1S/C19H29NO6/c1-4-7-8-9-10-11-12-13-14(21)16-15(18(22)24-5-2)17(26-20-16)19(23)25-6-3/h4-13H2,1-3H3. The fourth-order valence-electron chi connectivity index (χ4n) is 2.57. The topological polar surface area (TPSA) is 95.7 Å². The molecule has 1 aromatic rings. The molecule has 0 spiro atoms. The molecule has 1 aromatic heterocycles. The van der Waals surface area contributed by atoms with Crippen LogP contribution in [0, 0.1) is 0 Å². The third-order valence-corrected chi connectivity index (χ3v) is 3.90. The maximum Gasteiger partial charge on any atom is 0.378 e. The number of nitrogens with zero attached hydrogens (tertiary/aromatic N) is 1.